The Morgan fingerprint density at radius 3 is 2.59 bits per heavy atom. The Balaban J connectivity index is 1.47. The van der Waals surface area contributed by atoms with Crippen LogP contribution in [0.5, 0.6) is 0 Å². The molecule has 1 aliphatic heterocycles. The van der Waals surface area contributed by atoms with E-state index in [9.17, 15) is 4.79 Å². The molecule has 0 bridgehead atoms. The van der Waals surface area contributed by atoms with Crippen molar-refractivity contribution in [3.8, 4) is 0 Å². The lowest BCUT2D eigenvalue weighted by Crippen LogP contribution is -2.50. The summed E-state index contributed by atoms with van der Waals surface area (Å²) >= 11 is 0. The van der Waals surface area contributed by atoms with Crippen molar-refractivity contribution in [1.29, 1.82) is 0 Å². The average molecular weight is 372 g/mol. The summed E-state index contributed by atoms with van der Waals surface area (Å²) in [7, 11) is 0. The molecule has 1 saturated heterocycles. The third-order valence-corrected chi connectivity index (χ3v) is 6.71. The van der Waals surface area contributed by atoms with Gasteiger partial charge in [0, 0.05) is 31.3 Å². The molecular weight excluding hydrogens is 338 g/mol. The van der Waals surface area contributed by atoms with Gasteiger partial charge >= 0.3 is 5.69 Å². The van der Waals surface area contributed by atoms with Crippen LogP contribution in [-0.4, -0.2) is 45.8 Å². The van der Waals surface area contributed by atoms with Crippen molar-refractivity contribution < 1.29 is 4.74 Å². The zero-order valence-electron chi connectivity index (χ0n) is 16.7. The largest absolute Gasteiger partial charge is 0.379 e. The second-order valence-electron chi connectivity index (χ2n) is 8.18. The van der Waals surface area contributed by atoms with Gasteiger partial charge in [0.15, 0.2) is 0 Å². The van der Waals surface area contributed by atoms with E-state index in [0.717, 1.165) is 43.4 Å². The Kier molecular flexibility index (Phi) is 5.69. The van der Waals surface area contributed by atoms with E-state index >= 15 is 0 Å². The van der Waals surface area contributed by atoms with E-state index in [2.05, 4.69) is 29.8 Å². The van der Waals surface area contributed by atoms with E-state index in [1.165, 1.54) is 25.7 Å². The van der Waals surface area contributed by atoms with Gasteiger partial charge in [0.25, 0.3) is 0 Å². The smallest absolute Gasteiger partial charge is 0.326 e. The number of imidazole rings is 1. The number of hydrogen-bond donors (Lipinski definition) is 1. The summed E-state index contributed by atoms with van der Waals surface area (Å²) in [4.78, 5) is 18.4. The Morgan fingerprint density at radius 1 is 1.07 bits per heavy atom. The minimum absolute atomic E-state index is 0.0433. The van der Waals surface area contributed by atoms with Crippen LogP contribution in [0.4, 0.5) is 0 Å². The first-order valence-electron chi connectivity index (χ1n) is 10.8. The lowest BCUT2D eigenvalue weighted by Gasteiger charge is -2.46. The molecular formula is C22H33N3O2. The number of hydrogen-bond acceptors (Lipinski definition) is 3. The summed E-state index contributed by atoms with van der Waals surface area (Å²) in [5.41, 5.74) is 2.04. The van der Waals surface area contributed by atoms with Crippen molar-refractivity contribution in [2.75, 3.05) is 13.2 Å². The first kappa shape index (κ1) is 18.8. The molecule has 2 atom stereocenters. The number of benzene rings is 1. The molecule has 1 aromatic carbocycles. The molecule has 2 aromatic rings. The van der Waals surface area contributed by atoms with Crippen molar-refractivity contribution >= 4 is 11.0 Å². The number of likely N-dealkylation sites (tertiary alicyclic amines) is 1. The number of piperidine rings is 1. The second-order valence-corrected chi connectivity index (χ2v) is 8.18. The third kappa shape index (κ3) is 3.72. The Labute approximate surface area is 161 Å². The second kappa shape index (κ2) is 8.19. The molecule has 27 heavy (non-hydrogen) atoms. The van der Waals surface area contributed by atoms with E-state index in [0.29, 0.717) is 24.2 Å². The topological polar surface area (TPSA) is 50.3 Å². The van der Waals surface area contributed by atoms with Gasteiger partial charge in [0.1, 0.15) is 0 Å². The normalized spacial score (nSPS) is 30.0. The molecule has 0 amide bonds. The van der Waals surface area contributed by atoms with Gasteiger partial charge in [-0.05, 0) is 64.0 Å². The maximum Gasteiger partial charge on any atom is 0.326 e. The number of rotatable bonds is 5. The molecule has 1 saturated carbocycles. The Hall–Kier alpha value is -1.59. The van der Waals surface area contributed by atoms with Gasteiger partial charge in [-0.3, -0.25) is 9.47 Å². The van der Waals surface area contributed by atoms with Gasteiger partial charge in [-0.1, -0.05) is 19.1 Å². The molecule has 1 aromatic heterocycles. The predicted molar refractivity (Wildman–Crippen MR) is 109 cm³/mol. The van der Waals surface area contributed by atoms with Crippen LogP contribution >= 0.6 is 0 Å². The van der Waals surface area contributed by atoms with Gasteiger partial charge in [0.2, 0.25) is 0 Å². The molecule has 0 spiro atoms. The SMILES string of the molecule is CCOC1CCC(N2CCC(n3c(=O)[nH]c4ccccc43)CC2CC)CC1. The monoisotopic (exact) mass is 371 g/mol. The lowest BCUT2D eigenvalue weighted by atomic mass is 9.87. The maximum atomic E-state index is 12.6. The van der Waals surface area contributed by atoms with Crippen LogP contribution in [-0.2, 0) is 4.74 Å². The molecule has 5 nitrogen and oxygen atoms in total. The third-order valence-electron chi connectivity index (χ3n) is 6.71. The van der Waals surface area contributed by atoms with Gasteiger partial charge < -0.3 is 9.72 Å². The fourth-order valence-electron chi connectivity index (χ4n) is 5.38. The molecule has 2 unspecified atom stereocenters. The minimum atomic E-state index is 0.0433. The average Bonchev–Trinajstić information content (AvgIpc) is 3.04. The molecule has 148 valence electrons. The summed E-state index contributed by atoms with van der Waals surface area (Å²) in [6.45, 7) is 6.32. The number of ether oxygens (including phenoxy) is 1. The van der Waals surface area contributed by atoms with Gasteiger partial charge in [-0.15, -0.1) is 0 Å². The Bertz CT molecular complexity index is 803. The Morgan fingerprint density at radius 2 is 1.85 bits per heavy atom. The summed E-state index contributed by atoms with van der Waals surface area (Å²) in [5.74, 6) is 0. The van der Waals surface area contributed by atoms with Crippen LogP contribution in [0, 0.1) is 0 Å². The highest BCUT2D eigenvalue weighted by Crippen LogP contribution is 2.35. The molecule has 1 aliphatic carbocycles. The number of para-hydroxylation sites is 2. The van der Waals surface area contributed by atoms with Crippen LogP contribution in [0.1, 0.15) is 64.8 Å². The molecule has 0 radical (unpaired) electrons. The summed E-state index contributed by atoms with van der Waals surface area (Å²) < 4.78 is 7.85. The standard InChI is InChI=1S/C22H33N3O2/c1-3-16-15-18(25-21-8-6-5-7-20(21)23-22(25)26)13-14-24(16)17-9-11-19(12-10-17)27-4-2/h5-8,16-19H,3-4,9-15H2,1-2H3,(H,23,26). The van der Waals surface area contributed by atoms with E-state index in [1.54, 1.807) is 0 Å². The molecule has 5 heteroatoms. The number of nitrogens with one attached hydrogen (secondary N) is 1. The van der Waals surface area contributed by atoms with Crippen molar-refractivity contribution in [2.45, 2.75) is 83.0 Å². The molecule has 4 rings (SSSR count). The predicted octanol–water partition coefficient (Wildman–Crippen LogP) is 4.09. The van der Waals surface area contributed by atoms with Crippen molar-refractivity contribution in [3.05, 3.63) is 34.7 Å². The highest BCUT2D eigenvalue weighted by atomic mass is 16.5. The number of fused-ring (bicyclic) bond motifs is 1. The first-order valence-corrected chi connectivity index (χ1v) is 10.8. The first-order chi connectivity index (χ1) is 13.2. The van der Waals surface area contributed by atoms with Gasteiger partial charge in [0.05, 0.1) is 17.1 Å². The summed E-state index contributed by atoms with van der Waals surface area (Å²) in [5, 5.41) is 0. The minimum Gasteiger partial charge on any atom is -0.379 e. The van der Waals surface area contributed by atoms with Crippen LogP contribution in [0.25, 0.3) is 11.0 Å². The van der Waals surface area contributed by atoms with E-state index < -0.39 is 0 Å². The van der Waals surface area contributed by atoms with Gasteiger partial charge in [-0.2, -0.15) is 0 Å². The maximum absolute atomic E-state index is 12.6. The van der Waals surface area contributed by atoms with Crippen LogP contribution in [0.3, 0.4) is 0 Å². The lowest BCUT2D eigenvalue weighted by molar-refractivity contribution is -0.00756. The summed E-state index contributed by atoms with van der Waals surface area (Å²) in [6, 6.07) is 9.62. The van der Waals surface area contributed by atoms with Crippen LogP contribution in [0.2, 0.25) is 0 Å². The zero-order chi connectivity index (χ0) is 18.8. The highest BCUT2D eigenvalue weighted by molar-refractivity contribution is 5.75. The fraction of sp³-hybridized carbons (Fsp3) is 0.682. The zero-order valence-corrected chi connectivity index (χ0v) is 16.7. The number of aromatic amines is 1. The van der Waals surface area contributed by atoms with E-state index in [1.807, 2.05) is 22.8 Å². The van der Waals surface area contributed by atoms with Crippen LogP contribution in [0.15, 0.2) is 29.1 Å². The molecule has 2 heterocycles. The fourth-order valence-corrected chi connectivity index (χ4v) is 5.38. The van der Waals surface area contributed by atoms with Gasteiger partial charge in [-0.25, -0.2) is 4.79 Å². The van der Waals surface area contributed by atoms with E-state index in [4.69, 9.17) is 4.74 Å². The molecule has 2 fully saturated rings. The number of nitrogens with zero attached hydrogens (tertiary/aromatic N) is 2. The van der Waals surface area contributed by atoms with Crippen molar-refractivity contribution in [1.82, 2.24) is 14.5 Å². The quantitative estimate of drug-likeness (QED) is 0.861. The number of H-pyrrole nitrogens is 1. The molecule has 1 N–H and O–H groups in total. The van der Waals surface area contributed by atoms with E-state index in [-0.39, 0.29) is 5.69 Å². The molecule has 2 aliphatic rings. The van der Waals surface area contributed by atoms with Crippen molar-refractivity contribution in [2.24, 2.45) is 0 Å². The van der Waals surface area contributed by atoms with Crippen molar-refractivity contribution in [3.63, 3.8) is 0 Å². The van der Waals surface area contributed by atoms with Crippen LogP contribution < -0.4 is 5.69 Å². The number of aromatic nitrogens is 2. The summed E-state index contributed by atoms with van der Waals surface area (Å²) in [6.07, 6.45) is 8.63. The highest BCUT2D eigenvalue weighted by Gasteiger charge is 2.35.